The van der Waals surface area contributed by atoms with Crippen LogP contribution in [0, 0.1) is 22.7 Å². The highest BCUT2D eigenvalue weighted by atomic mass is 127. The van der Waals surface area contributed by atoms with Crippen molar-refractivity contribution in [1.82, 2.24) is 18.6 Å². The Bertz CT molecular complexity index is 551. The molecule has 2 aliphatic rings. The molecule has 7 nitrogen and oxygen atoms in total. The van der Waals surface area contributed by atoms with Gasteiger partial charge in [0.1, 0.15) is 0 Å². The van der Waals surface area contributed by atoms with Gasteiger partial charge in [0.2, 0.25) is 11.8 Å². The molecule has 2 rings (SSSR count). The monoisotopic (exact) mass is 536 g/mol. The van der Waals surface area contributed by atoms with Crippen LogP contribution in [0.15, 0.2) is 0 Å². The van der Waals surface area contributed by atoms with Crippen LogP contribution in [0.5, 0.6) is 0 Å². The Hall–Kier alpha value is -0.450. The lowest BCUT2D eigenvalue weighted by Crippen LogP contribution is -2.47. The van der Waals surface area contributed by atoms with Crippen molar-refractivity contribution < 1.29 is 14.7 Å². The van der Waals surface area contributed by atoms with E-state index >= 15 is 0 Å². The summed E-state index contributed by atoms with van der Waals surface area (Å²) in [6.45, 7) is 15.3. The second kappa shape index (κ2) is 10.9. The average molecular weight is 536 g/mol. The number of aliphatic hydroxyl groups is 1. The van der Waals surface area contributed by atoms with Gasteiger partial charge in [0, 0.05) is 80.2 Å². The highest BCUT2D eigenvalue weighted by molar-refractivity contribution is 14.1. The number of nitrogens with zero attached hydrogens (tertiary/aromatic N) is 2. The molecule has 3 N–H and O–H groups in total. The largest absolute Gasteiger partial charge is 0.396 e. The molecule has 0 aromatic heterocycles. The maximum Gasteiger partial charge on any atom is 0.223 e. The number of carbonyl (C=O) groups is 2. The molecule has 8 heteroatoms. The van der Waals surface area contributed by atoms with Gasteiger partial charge in [-0.25, -0.2) is 3.11 Å². The molecular weight excluding hydrogens is 495 g/mol. The van der Waals surface area contributed by atoms with Gasteiger partial charge in [0.25, 0.3) is 0 Å². The number of hydrogen-bond acceptors (Lipinski definition) is 5. The summed E-state index contributed by atoms with van der Waals surface area (Å²) in [5.41, 5.74) is -0.319. The maximum atomic E-state index is 13.1. The van der Waals surface area contributed by atoms with Crippen LogP contribution in [0.2, 0.25) is 0 Å². The van der Waals surface area contributed by atoms with Gasteiger partial charge in [-0.3, -0.25) is 14.5 Å². The maximum absolute atomic E-state index is 13.1. The molecule has 0 radical (unpaired) electrons. The summed E-state index contributed by atoms with van der Waals surface area (Å²) in [5, 5.41) is 15.6. The molecular formula is C22H41IN4O3. The Balaban J connectivity index is 2.06. The fourth-order valence-corrected chi connectivity index (χ4v) is 4.48. The van der Waals surface area contributed by atoms with Crippen LogP contribution >= 0.6 is 22.9 Å². The van der Waals surface area contributed by atoms with Crippen LogP contribution < -0.4 is 10.6 Å². The van der Waals surface area contributed by atoms with E-state index in [4.69, 9.17) is 0 Å². The van der Waals surface area contributed by atoms with E-state index in [0.29, 0.717) is 13.1 Å². The van der Waals surface area contributed by atoms with Crippen LogP contribution in [0.1, 0.15) is 53.9 Å². The van der Waals surface area contributed by atoms with Gasteiger partial charge in [0.05, 0.1) is 11.8 Å². The van der Waals surface area contributed by atoms with Crippen molar-refractivity contribution in [3.8, 4) is 0 Å². The summed E-state index contributed by atoms with van der Waals surface area (Å²) in [6, 6.07) is 0.270. The second-order valence-corrected chi connectivity index (χ2v) is 11.9. The van der Waals surface area contributed by atoms with Crippen LogP contribution in [0.3, 0.4) is 0 Å². The van der Waals surface area contributed by atoms with Gasteiger partial charge < -0.3 is 15.7 Å². The van der Waals surface area contributed by atoms with E-state index in [9.17, 15) is 14.7 Å². The molecule has 2 fully saturated rings. The summed E-state index contributed by atoms with van der Waals surface area (Å²) >= 11 is 2.36. The summed E-state index contributed by atoms with van der Waals surface area (Å²) in [5.74, 6) is -0.654. The minimum absolute atomic E-state index is 0.00752. The van der Waals surface area contributed by atoms with Gasteiger partial charge in [-0.15, -0.1) is 0 Å². The first kappa shape index (κ1) is 25.8. The number of amides is 2. The molecule has 3 unspecified atom stereocenters. The van der Waals surface area contributed by atoms with Crippen molar-refractivity contribution in [3.05, 3.63) is 0 Å². The van der Waals surface area contributed by atoms with Gasteiger partial charge in [-0.1, -0.05) is 34.6 Å². The lowest BCUT2D eigenvalue weighted by atomic mass is 9.89. The molecule has 1 saturated heterocycles. The Morgan fingerprint density at radius 2 is 1.40 bits per heavy atom. The first-order valence-corrected chi connectivity index (χ1v) is 12.3. The van der Waals surface area contributed by atoms with Crippen molar-refractivity contribution in [2.75, 3.05) is 45.9 Å². The molecule has 0 spiro atoms. The molecule has 0 aromatic carbocycles. The Kier molecular flexibility index (Phi) is 9.39. The van der Waals surface area contributed by atoms with Crippen molar-refractivity contribution in [1.29, 1.82) is 0 Å². The van der Waals surface area contributed by atoms with Crippen LogP contribution in [-0.2, 0) is 9.59 Å². The van der Waals surface area contributed by atoms with Crippen molar-refractivity contribution in [2.24, 2.45) is 22.7 Å². The van der Waals surface area contributed by atoms with Gasteiger partial charge in [-0.2, -0.15) is 0 Å². The standard InChI is InChI=1S/C22H41IN4O3/c1-6-21(2,3)13-24-19(29)17-11-16(26-7-9-27(23)10-8-26)12-18(17)20(30)25-14-22(4,5)15-28/h16-18,28H,6-15H2,1-5H3,(H,24,29)(H,25,30). The molecule has 0 aromatic rings. The number of carbonyl (C=O) groups excluding carboxylic acids is 2. The molecule has 0 bridgehead atoms. The first-order chi connectivity index (χ1) is 14.0. The molecule has 174 valence electrons. The fraction of sp³-hybridized carbons (Fsp3) is 0.909. The highest BCUT2D eigenvalue weighted by Gasteiger charge is 2.45. The SMILES string of the molecule is CCC(C)(C)CNC(=O)C1CC(N2CCN(I)CC2)CC1C(=O)NCC(C)(C)CO. The van der Waals surface area contributed by atoms with Crippen molar-refractivity contribution in [3.63, 3.8) is 0 Å². The molecule has 3 atom stereocenters. The number of nitrogens with one attached hydrogen (secondary N) is 2. The molecule has 30 heavy (non-hydrogen) atoms. The van der Waals surface area contributed by atoms with Crippen LogP contribution in [-0.4, -0.2) is 76.9 Å². The van der Waals surface area contributed by atoms with E-state index in [2.05, 4.69) is 62.3 Å². The van der Waals surface area contributed by atoms with Gasteiger partial charge >= 0.3 is 0 Å². The summed E-state index contributed by atoms with van der Waals surface area (Å²) in [6.07, 6.45) is 2.45. The molecule has 1 saturated carbocycles. The first-order valence-electron chi connectivity index (χ1n) is 11.3. The minimum atomic E-state index is -0.368. The third-order valence-electron chi connectivity index (χ3n) is 6.85. The fourth-order valence-electron chi connectivity index (χ4n) is 4.05. The quantitative estimate of drug-likeness (QED) is 0.310. The number of aliphatic hydroxyl groups excluding tert-OH is 1. The number of hydrogen-bond donors (Lipinski definition) is 3. The molecule has 1 aliphatic carbocycles. The second-order valence-electron chi connectivity index (χ2n) is 10.6. The van der Waals surface area contributed by atoms with E-state index in [0.717, 1.165) is 45.4 Å². The topological polar surface area (TPSA) is 84.9 Å². The van der Waals surface area contributed by atoms with Gasteiger partial charge in [-0.05, 0) is 24.7 Å². The zero-order chi connectivity index (χ0) is 22.5. The van der Waals surface area contributed by atoms with Gasteiger partial charge in [0.15, 0.2) is 0 Å². The molecule has 1 heterocycles. The minimum Gasteiger partial charge on any atom is -0.396 e. The number of halogens is 1. The number of piperazine rings is 1. The lowest BCUT2D eigenvalue weighted by Gasteiger charge is -2.35. The Labute approximate surface area is 196 Å². The Morgan fingerprint density at radius 3 is 1.83 bits per heavy atom. The van der Waals surface area contributed by atoms with E-state index in [1.54, 1.807) is 0 Å². The van der Waals surface area contributed by atoms with E-state index in [1.165, 1.54) is 0 Å². The molecule has 1 aliphatic heterocycles. The average Bonchev–Trinajstić information content (AvgIpc) is 3.16. The van der Waals surface area contributed by atoms with E-state index < -0.39 is 0 Å². The van der Waals surface area contributed by atoms with Crippen molar-refractivity contribution in [2.45, 2.75) is 59.9 Å². The normalized spacial score (nSPS) is 26.6. The van der Waals surface area contributed by atoms with E-state index in [1.807, 2.05) is 13.8 Å². The zero-order valence-electron chi connectivity index (χ0n) is 19.3. The van der Waals surface area contributed by atoms with Crippen molar-refractivity contribution >= 4 is 34.7 Å². The van der Waals surface area contributed by atoms with Crippen LogP contribution in [0.25, 0.3) is 0 Å². The lowest BCUT2D eigenvalue weighted by molar-refractivity contribution is -0.134. The zero-order valence-corrected chi connectivity index (χ0v) is 21.5. The third-order valence-corrected chi connectivity index (χ3v) is 7.82. The highest BCUT2D eigenvalue weighted by Crippen LogP contribution is 2.36. The smallest absolute Gasteiger partial charge is 0.223 e. The predicted octanol–water partition coefficient (Wildman–Crippen LogP) is 2.04. The Morgan fingerprint density at radius 1 is 0.933 bits per heavy atom. The number of rotatable bonds is 9. The van der Waals surface area contributed by atoms with Crippen LogP contribution in [0.4, 0.5) is 0 Å². The molecule has 2 amide bonds. The van der Waals surface area contributed by atoms with E-state index in [-0.39, 0.29) is 47.1 Å². The summed E-state index contributed by atoms with van der Waals surface area (Å²) in [4.78, 5) is 28.6. The third kappa shape index (κ3) is 7.31. The summed E-state index contributed by atoms with van der Waals surface area (Å²) < 4.78 is 2.29. The summed E-state index contributed by atoms with van der Waals surface area (Å²) in [7, 11) is 0. The predicted molar refractivity (Wildman–Crippen MR) is 128 cm³/mol.